The van der Waals surface area contributed by atoms with Crippen LogP contribution in [0, 0.1) is 12.8 Å². The van der Waals surface area contributed by atoms with Gasteiger partial charge in [0.2, 0.25) is 0 Å². The van der Waals surface area contributed by atoms with Gasteiger partial charge < -0.3 is 14.0 Å². The zero-order valence-corrected chi connectivity index (χ0v) is 16.9. The Kier molecular flexibility index (Phi) is 7.18. The number of likely N-dealkylation sites (tertiary alicyclic amines) is 1. The molecule has 1 fully saturated rings. The van der Waals surface area contributed by atoms with E-state index in [1.807, 2.05) is 12.3 Å². The van der Waals surface area contributed by atoms with Gasteiger partial charge >= 0.3 is 6.36 Å². The van der Waals surface area contributed by atoms with E-state index in [4.69, 9.17) is 4.74 Å². The Labute approximate surface area is 169 Å². The largest absolute Gasteiger partial charge is 0.573 e. The highest BCUT2D eigenvalue weighted by Crippen LogP contribution is 2.26. The summed E-state index contributed by atoms with van der Waals surface area (Å²) in [6.07, 6.45) is 0.325. The van der Waals surface area contributed by atoms with Crippen LogP contribution in [-0.2, 0) is 24.2 Å². The van der Waals surface area contributed by atoms with E-state index in [0.29, 0.717) is 19.1 Å². The smallest absolute Gasteiger partial charge is 0.406 e. The number of piperidine rings is 1. The molecule has 0 radical (unpaired) electrons. The maximum absolute atomic E-state index is 12.5. The van der Waals surface area contributed by atoms with Gasteiger partial charge in [-0.05, 0) is 49.9 Å². The number of benzene rings is 1. The van der Waals surface area contributed by atoms with Crippen molar-refractivity contribution in [1.82, 2.24) is 14.5 Å². The third-order valence-corrected chi connectivity index (χ3v) is 5.27. The average Bonchev–Trinajstić information content (AvgIpc) is 2.98. The van der Waals surface area contributed by atoms with Crippen molar-refractivity contribution in [2.75, 3.05) is 26.8 Å². The maximum atomic E-state index is 12.5. The van der Waals surface area contributed by atoms with E-state index in [2.05, 4.69) is 26.1 Å². The molecule has 8 heteroatoms. The van der Waals surface area contributed by atoms with Gasteiger partial charge in [-0.1, -0.05) is 12.1 Å². The fourth-order valence-corrected chi connectivity index (χ4v) is 3.98. The zero-order valence-electron chi connectivity index (χ0n) is 16.9. The second-order valence-corrected chi connectivity index (χ2v) is 7.60. The molecule has 0 amide bonds. The lowest BCUT2D eigenvalue weighted by Crippen LogP contribution is -2.36. The lowest BCUT2D eigenvalue weighted by atomic mass is 9.94. The van der Waals surface area contributed by atoms with Crippen molar-refractivity contribution in [2.45, 2.75) is 45.6 Å². The van der Waals surface area contributed by atoms with Crippen molar-refractivity contribution >= 4 is 0 Å². The third kappa shape index (κ3) is 6.47. The highest BCUT2D eigenvalue weighted by Gasteiger charge is 2.31. The van der Waals surface area contributed by atoms with E-state index in [-0.39, 0.29) is 5.75 Å². The fourth-order valence-electron chi connectivity index (χ4n) is 3.98. The number of rotatable bonds is 8. The van der Waals surface area contributed by atoms with E-state index in [1.54, 1.807) is 13.2 Å². The van der Waals surface area contributed by atoms with E-state index >= 15 is 0 Å². The van der Waals surface area contributed by atoms with Crippen LogP contribution in [0.5, 0.6) is 5.75 Å². The summed E-state index contributed by atoms with van der Waals surface area (Å²) < 4.78 is 48.8. The molecule has 0 spiro atoms. The Balaban J connectivity index is 1.60. The van der Waals surface area contributed by atoms with Gasteiger partial charge in [-0.25, -0.2) is 4.98 Å². The Hall–Kier alpha value is -2.06. The van der Waals surface area contributed by atoms with Gasteiger partial charge in [0.05, 0.1) is 6.61 Å². The second kappa shape index (κ2) is 9.63. The van der Waals surface area contributed by atoms with Gasteiger partial charge in [0, 0.05) is 45.1 Å². The number of ether oxygens (including phenoxy) is 2. The topological polar surface area (TPSA) is 39.5 Å². The first-order chi connectivity index (χ1) is 13.8. The summed E-state index contributed by atoms with van der Waals surface area (Å²) in [6, 6.07) is 6.25. The fraction of sp³-hybridized carbons (Fsp3) is 0.571. The Morgan fingerprint density at radius 1 is 1.28 bits per heavy atom. The molecule has 1 saturated heterocycles. The van der Waals surface area contributed by atoms with Crippen molar-refractivity contribution in [3.63, 3.8) is 0 Å². The number of aryl methyl sites for hydroxylation is 1. The molecule has 0 saturated carbocycles. The highest BCUT2D eigenvalue weighted by molar-refractivity contribution is 5.28. The molecule has 1 aliphatic heterocycles. The summed E-state index contributed by atoms with van der Waals surface area (Å²) in [5.41, 5.74) is 1.95. The van der Waals surface area contributed by atoms with Crippen LogP contribution < -0.4 is 4.74 Å². The Morgan fingerprint density at radius 2 is 2.10 bits per heavy atom. The van der Waals surface area contributed by atoms with E-state index in [0.717, 1.165) is 56.0 Å². The van der Waals surface area contributed by atoms with Crippen LogP contribution in [0.1, 0.15) is 29.9 Å². The second-order valence-electron chi connectivity index (χ2n) is 7.60. The molecule has 0 N–H and O–H groups in total. The Bertz CT molecular complexity index is 792. The van der Waals surface area contributed by atoms with Crippen LogP contribution in [-0.4, -0.2) is 47.6 Å². The van der Waals surface area contributed by atoms with Crippen molar-refractivity contribution in [3.8, 4) is 5.75 Å². The third-order valence-electron chi connectivity index (χ3n) is 5.27. The first kappa shape index (κ1) is 21.6. The SMILES string of the molecule is COCCn1c(C)cnc1CC1CCCN(Cc2cccc(OC(F)(F)F)c2)C1. The van der Waals surface area contributed by atoms with E-state index in [1.165, 1.54) is 12.1 Å². The summed E-state index contributed by atoms with van der Waals surface area (Å²) in [5, 5.41) is 0. The van der Waals surface area contributed by atoms with E-state index < -0.39 is 6.36 Å². The monoisotopic (exact) mass is 411 g/mol. The van der Waals surface area contributed by atoms with Gasteiger partial charge in [0.1, 0.15) is 11.6 Å². The summed E-state index contributed by atoms with van der Waals surface area (Å²) >= 11 is 0. The lowest BCUT2D eigenvalue weighted by molar-refractivity contribution is -0.274. The molecule has 1 aliphatic rings. The molecule has 1 atom stereocenters. The molecule has 1 aromatic carbocycles. The quantitative estimate of drug-likeness (QED) is 0.653. The van der Waals surface area contributed by atoms with Crippen LogP contribution in [0.25, 0.3) is 0 Å². The molecular weight excluding hydrogens is 383 g/mol. The summed E-state index contributed by atoms with van der Waals surface area (Å²) in [4.78, 5) is 6.88. The first-order valence-corrected chi connectivity index (χ1v) is 9.91. The molecule has 2 aromatic rings. The molecule has 5 nitrogen and oxygen atoms in total. The number of alkyl halides is 3. The van der Waals surface area contributed by atoms with Gasteiger partial charge in [0.15, 0.2) is 0 Å². The minimum atomic E-state index is -4.67. The molecule has 1 unspecified atom stereocenters. The summed E-state index contributed by atoms with van der Waals surface area (Å²) in [6.45, 7) is 5.95. The number of hydrogen-bond acceptors (Lipinski definition) is 4. The molecule has 0 bridgehead atoms. The molecular formula is C21H28F3N3O2. The van der Waals surface area contributed by atoms with Gasteiger partial charge in [-0.2, -0.15) is 0 Å². The minimum Gasteiger partial charge on any atom is -0.406 e. The molecule has 160 valence electrons. The highest BCUT2D eigenvalue weighted by atomic mass is 19.4. The number of methoxy groups -OCH3 is 1. The van der Waals surface area contributed by atoms with Crippen LogP contribution in [0.3, 0.4) is 0 Å². The molecule has 29 heavy (non-hydrogen) atoms. The molecule has 1 aromatic heterocycles. The normalized spacial score (nSPS) is 18.2. The summed E-state index contributed by atoms with van der Waals surface area (Å²) in [7, 11) is 1.69. The van der Waals surface area contributed by atoms with Crippen molar-refractivity contribution in [1.29, 1.82) is 0 Å². The van der Waals surface area contributed by atoms with Crippen LogP contribution in [0.15, 0.2) is 30.5 Å². The van der Waals surface area contributed by atoms with E-state index in [9.17, 15) is 13.2 Å². The first-order valence-electron chi connectivity index (χ1n) is 9.91. The summed E-state index contributed by atoms with van der Waals surface area (Å²) in [5.74, 6) is 1.38. The van der Waals surface area contributed by atoms with Crippen LogP contribution in [0.4, 0.5) is 13.2 Å². The number of nitrogens with zero attached hydrogens (tertiary/aromatic N) is 3. The van der Waals surface area contributed by atoms with Crippen LogP contribution in [0.2, 0.25) is 0 Å². The lowest BCUT2D eigenvalue weighted by Gasteiger charge is -2.32. The van der Waals surface area contributed by atoms with Gasteiger partial charge in [-0.3, -0.25) is 4.90 Å². The predicted molar refractivity (Wildman–Crippen MR) is 104 cm³/mol. The molecule has 2 heterocycles. The Morgan fingerprint density at radius 3 is 2.86 bits per heavy atom. The van der Waals surface area contributed by atoms with Gasteiger partial charge in [0.25, 0.3) is 0 Å². The number of hydrogen-bond donors (Lipinski definition) is 0. The van der Waals surface area contributed by atoms with Crippen LogP contribution >= 0.6 is 0 Å². The standard InChI is InChI=1S/C21H28F3N3O2/c1-16-13-25-20(27(16)9-10-28-2)12-18-6-4-8-26(15-18)14-17-5-3-7-19(11-17)29-21(22,23)24/h3,5,7,11,13,18H,4,6,8-10,12,14-15H2,1-2H3. The molecule has 0 aliphatic carbocycles. The average molecular weight is 411 g/mol. The van der Waals surface area contributed by atoms with Gasteiger partial charge in [-0.15, -0.1) is 13.2 Å². The number of halogens is 3. The number of aromatic nitrogens is 2. The minimum absolute atomic E-state index is 0.167. The van der Waals surface area contributed by atoms with Crippen molar-refractivity contribution in [3.05, 3.63) is 47.5 Å². The van der Waals surface area contributed by atoms with Crippen molar-refractivity contribution < 1.29 is 22.6 Å². The molecule has 3 rings (SSSR count). The zero-order chi connectivity index (χ0) is 20.9. The maximum Gasteiger partial charge on any atom is 0.573 e. The number of imidazole rings is 1. The van der Waals surface area contributed by atoms with Crippen molar-refractivity contribution in [2.24, 2.45) is 5.92 Å². The predicted octanol–water partition coefficient (Wildman–Crippen LogP) is 4.19.